The highest BCUT2D eigenvalue weighted by atomic mass is 16.9. The van der Waals surface area contributed by atoms with Crippen molar-refractivity contribution in [2.75, 3.05) is 19.6 Å². The van der Waals surface area contributed by atoms with Gasteiger partial charge in [-0.05, 0) is 48.8 Å². The fraction of sp³-hybridized carbons (Fsp3) is 0.357. The minimum Gasteiger partial charge on any atom is -0.328 e. The lowest BCUT2D eigenvalue weighted by Crippen LogP contribution is -2.26. The van der Waals surface area contributed by atoms with Crippen molar-refractivity contribution in [1.82, 2.24) is 4.90 Å². The van der Waals surface area contributed by atoms with Crippen LogP contribution in [0.25, 0.3) is 5.57 Å². The van der Waals surface area contributed by atoms with E-state index in [1.165, 1.54) is 16.7 Å². The molecule has 1 N–H and O–H groups in total. The van der Waals surface area contributed by atoms with E-state index in [0.29, 0.717) is 0 Å². The summed E-state index contributed by atoms with van der Waals surface area (Å²) in [6.45, 7) is 7.77. The van der Waals surface area contributed by atoms with E-state index < -0.39 is 5.09 Å². The Morgan fingerprint density at radius 3 is 1.58 bits per heavy atom. The molecule has 0 atom stereocenters. The predicted molar refractivity (Wildman–Crippen MR) is 138 cm³/mol. The monoisotopic (exact) mass is 450 g/mol. The van der Waals surface area contributed by atoms with Crippen LogP contribution in [0.5, 0.6) is 0 Å². The van der Waals surface area contributed by atoms with Crippen LogP contribution >= 0.6 is 0 Å². The van der Waals surface area contributed by atoms with Gasteiger partial charge < -0.3 is 10.1 Å². The largest absolute Gasteiger partial charge is 0.328 e. The van der Waals surface area contributed by atoms with Crippen molar-refractivity contribution in [2.45, 2.75) is 46.0 Å². The highest BCUT2D eigenvalue weighted by Gasteiger charge is 2.06. The Morgan fingerprint density at radius 2 is 1.18 bits per heavy atom. The van der Waals surface area contributed by atoms with Crippen LogP contribution in [-0.4, -0.2) is 34.8 Å². The van der Waals surface area contributed by atoms with E-state index in [2.05, 4.69) is 110 Å². The third-order valence-corrected chi connectivity index (χ3v) is 4.99. The smallest absolute Gasteiger partial charge is 0.291 e. The van der Waals surface area contributed by atoms with Gasteiger partial charge in [-0.2, -0.15) is 0 Å². The lowest BCUT2D eigenvalue weighted by molar-refractivity contribution is -0.742. The summed E-state index contributed by atoms with van der Waals surface area (Å²) in [4.78, 5) is 11.0. The zero-order valence-corrected chi connectivity index (χ0v) is 20.0. The molecule has 0 saturated heterocycles. The van der Waals surface area contributed by atoms with Crippen LogP contribution in [-0.2, 0) is 0 Å². The summed E-state index contributed by atoms with van der Waals surface area (Å²) >= 11 is 0. The molecule has 5 nitrogen and oxygen atoms in total. The number of allylic oxidation sites excluding steroid dienone is 2. The van der Waals surface area contributed by atoms with E-state index in [9.17, 15) is 0 Å². The van der Waals surface area contributed by atoms with Gasteiger partial charge in [0.25, 0.3) is 5.09 Å². The van der Waals surface area contributed by atoms with Gasteiger partial charge in [0.05, 0.1) is 0 Å². The molecule has 0 aromatic heterocycles. The van der Waals surface area contributed by atoms with Crippen molar-refractivity contribution in [3.8, 4) is 0 Å². The Balaban J connectivity index is 0.00000125. The number of benzene rings is 2. The fourth-order valence-corrected chi connectivity index (χ4v) is 3.45. The van der Waals surface area contributed by atoms with E-state index in [4.69, 9.17) is 15.3 Å². The molecule has 178 valence electrons. The number of nitrogens with zero attached hydrogens (tertiary/aromatic N) is 2. The van der Waals surface area contributed by atoms with E-state index in [1.807, 2.05) is 0 Å². The Hall–Kier alpha value is -3.18. The van der Waals surface area contributed by atoms with Gasteiger partial charge in [-0.25, -0.2) is 0 Å². The standard InChI is InChI=1S/C28H37N.HNO3/c1-3-5-7-15-23-29(24-16-8-6-4-2)25-17-22-28(26-18-11-9-12-19-26)27-20-13-10-14-21-27;2-1(3)4/h5-14,18-22H,3-4,15-17,23-25H2,1-2H3;(H,2,3,4). The van der Waals surface area contributed by atoms with E-state index in [0.717, 1.165) is 51.7 Å². The van der Waals surface area contributed by atoms with Crippen molar-refractivity contribution < 1.29 is 10.3 Å². The highest BCUT2D eigenvalue weighted by Crippen LogP contribution is 2.23. The molecule has 0 fully saturated rings. The van der Waals surface area contributed by atoms with Gasteiger partial charge in [0.1, 0.15) is 0 Å². The average molecular weight is 451 g/mol. The third kappa shape index (κ3) is 13.8. The third-order valence-electron chi connectivity index (χ3n) is 4.99. The van der Waals surface area contributed by atoms with Crippen LogP contribution < -0.4 is 0 Å². The maximum atomic E-state index is 8.36. The van der Waals surface area contributed by atoms with Gasteiger partial charge in [-0.15, -0.1) is 10.1 Å². The van der Waals surface area contributed by atoms with Gasteiger partial charge in [0.2, 0.25) is 0 Å². The van der Waals surface area contributed by atoms with Crippen LogP contribution in [0.3, 0.4) is 0 Å². The van der Waals surface area contributed by atoms with Crippen LogP contribution in [0.1, 0.15) is 57.1 Å². The van der Waals surface area contributed by atoms with Crippen LogP contribution in [0, 0.1) is 10.1 Å². The number of rotatable bonds is 13. The van der Waals surface area contributed by atoms with E-state index in [1.54, 1.807) is 0 Å². The summed E-state index contributed by atoms with van der Waals surface area (Å²) < 4.78 is 0. The molecule has 0 amide bonds. The molecular weight excluding hydrogens is 412 g/mol. The Labute approximate surface area is 198 Å². The Bertz CT molecular complexity index is 782. The molecule has 0 aliphatic carbocycles. The lowest BCUT2D eigenvalue weighted by atomic mass is 9.97. The second kappa shape index (κ2) is 18.4. The Morgan fingerprint density at radius 1 is 0.788 bits per heavy atom. The molecular formula is C28H38N2O3. The van der Waals surface area contributed by atoms with Crippen molar-refractivity contribution in [2.24, 2.45) is 0 Å². The summed E-state index contributed by atoms with van der Waals surface area (Å²) in [5, 5.41) is 13.6. The molecule has 0 bridgehead atoms. The summed E-state index contributed by atoms with van der Waals surface area (Å²) in [6, 6.07) is 21.5. The van der Waals surface area contributed by atoms with E-state index in [-0.39, 0.29) is 0 Å². The Kier molecular flexibility index (Phi) is 15.5. The minimum atomic E-state index is -1.50. The molecule has 0 radical (unpaired) electrons. The van der Waals surface area contributed by atoms with Gasteiger partial charge in [0, 0.05) is 19.6 Å². The van der Waals surface area contributed by atoms with Gasteiger partial charge >= 0.3 is 0 Å². The molecule has 2 rings (SSSR count). The molecule has 0 heterocycles. The first-order chi connectivity index (χ1) is 16.1. The van der Waals surface area contributed by atoms with Gasteiger partial charge in [-0.3, -0.25) is 0 Å². The molecule has 2 aromatic rings. The highest BCUT2D eigenvalue weighted by molar-refractivity contribution is 5.79. The molecule has 0 unspecified atom stereocenters. The second-order valence-electron chi connectivity index (χ2n) is 7.55. The first kappa shape index (κ1) is 27.9. The minimum absolute atomic E-state index is 1.06. The van der Waals surface area contributed by atoms with Crippen LogP contribution in [0.2, 0.25) is 0 Å². The summed E-state index contributed by atoms with van der Waals surface area (Å²) in [6.07, 6.45) is 17.2. The number of hydrogen-bond donors (Lipinski definition) is 1. The molecule has 0 aliphatic rings. The first-order valence-corrected chi connectivity index (χ1v) is 11.7. The predicted octanol–water partition coefficient (Wildman–Crippen LogP) is 7.18. The zero-order chi connectivity index (χ0) is 24.2. The number of hydrogen-bond acceptors (Lipinski definition) is 3. The SMILES string of the molecule is CCC=CCCN(CCC=CCC)CCC=C(c1ccccc1)c1ccccc1.O=[N+]([O-])O. The molecule has 33 heavy (non-hydrogen) atoms. The molecule has 5 heteroatoms. The van der Waals surface area contributed by atoms with Gasteiger partial charge in [0.15, 0.2) is 0 Å². The maximum absolute atomic E-state index is 8.36. The van der Waals surface area contributed by atoms with Crippen LogP contribution in [0.15, 0.2) is 91.0 Å². The summed E-state index contributed by atoms with van der Waals surface area (Å²) in [5.41, 5.74) is 3.92. The quantitative estimate of drug-likeness (QED) is 0.199. The molecule has 2 aromatic carbocycles. The second-order valence-corrected chi connectivity index (χ2v) is 7.55. The van der Waals surface area contributed by atoms with Crippen molar-refractivity contribution in [3.05, 3.63) is 112 Å². The molecule has 0 saturated carbocycles. The fourth-order valence-electron chi connectivity index (χ4n) is 3.45. The van der Waals surface area contributed by atoms with E-state index >= 15 is 0 Å². The maximum Gasteiger partial charge on any atom is 0.291 e. The lowest BCUT2D eigenvalue weighted by Gasteiger charge is -2.20. The zero-order valence-electron chi connectivity index (χ0n) is 20.0. The normalized spacial score (nSPS) is 10.9. The molecule has 0 aliphatic heterocycles. The molecule has 0 spiro atoms. The summed E-state index contributed by atoms with van der Waals surface area (Å²) in [5.74, 6) is 0. The first-order valence-electron chi connectivity index (χ1n) is 11.7. The van der Waals surface area contributed by atoms with Crippen LogP contribution in [0.4, 0.5) is 0 Å². The summed E-state index contributed by atoms with van der Waals surface area (Å²) in [7, 11) is 0. The topological polar surface area (TPSA) is 66.6 Å². The van der Waals surface area contributed by atoms with Crippen molar-refractivity contribution in [1.29, 1.82) is 0 Å². The van der Waals surface area contributed by atoms with Crippen molar-refractivity contribution in [3.63, 3.8) is 0 Å². The van der Waals surface area contributed by atoms with Gasteiger partial charge in [-0.1, -0.05) is 105 Å². The average Bonchev–Trinajstić information content (AvgIpc) is 2.82. The van der Waals surface area contributed by atoms with Crippen molar-refractivity contribution >= 4 is 5.57 Å².